The van der Waals surface area contributed by atoms with Crippen molar-refractivity contribution in [2.24, 2.45) is 0 Å². The molecule has 0 saturated carbocycles. The monoisotopic (exact) mass is 305 g/mol. The van der Waals surface area contributed by atoms with Gasteiger partial charge in [-0.2, -0.15) is 5.26 Å². The number of hydrogen-bond acceptors (Lipinski definition) is 4. The van der Waals surface area contributed by atoms with E-state index in [1.54, 1.807) is 24.3 Å². The highest BCUT2D eigenvalue weighted by atomic mass is 16.5. The van der Waals surface area contributed by atoms with E-state index in [-0.39, 0.29) is 18.8 Å². The Morgan fingerprint density at radius 3 is 2.48 bits per heavy atom. The lowest BCUT2D eigenvalue weighted by atomic mass is 10.1. The van der Waals surface area contributed by atoms with E-state index in [0.717, 1.165) is 5.56 Å². The maximum Gasteiger partial charge on any atom is 0.314 e. The third-order valence-corrected chi connectivity index (χ3v) is 3.09. The van der Waals surface area contributed by atoms with E-state index in [1.807, 2.05) is 36.4 Å². The number of carbonyl (C=O) groups is 2. The van der Waals surface area contributed by atoms with Crippen LogP contribution in [-0.2, 0) is 20.9 Å². The quantitative estimate of drug-likeness (QED) is 0.466. The van der Waals surface area contributed by atoms with Crippen LogP contribution in [0.1, 0.15) is 23.1 Å². The van der Waals surface area contributed by atoms with Crippen molar-refractivity contribution in [2.75, 3.05) is 0 Å². The first-order valence-electron chi connectivity index (χ1n) is 7.08. The number of esters is 1. The molecule has 0 N–H and O–H groups in total. The Hall–Kier alpha value is -3.19. The molecular weight excluding hydrogens is 290 g/mol. The number of carbonyl (C=O) groups excluding carboxylic acids is 2. The van der Waals surface area contributed by atoms with Crippen LogP contribution in [0.4, 0.5) is 0 Å². The summed E-state index contributed by atoms with van der Waals surface area (Å²) in [5, 5.41) is 8.96. The van der Waals surface area contributed by atoms with Crippen LogP contribution in [0.15, 0.2) is 60.7 Å². The van der Waals surface area contributed by atoms with Crippen LogP contribution in [0.5, 0.6) is 0 Å². The molecule has 0 heterocycles. The molecule has 2 aromatic rings. The van der Waals surface area contributed by atoms with Crippen molar-refractivity contribution in [3.05, 3.63) is 77.4 Å². The molecule has 0 bridgehead atoms. The van der Waals surface area contributed by atoms with Crippen LogP contribution in [0.25, 0.3) is 6.08 Å². The van der Waals surface area contributed by atoms with Crippen LogP contribution in [0, 0.1) is 11.3 Å². The van der Waals surface area contributed by atoms with Gasteiger partial charge in [-0.25, -0.2) is 0 Å². The Morgan fingerprint density at radius 2 is 1.74 bits per heavy atom. The van der Waals surface area contributed by atoms with Gasteiger partial charge < -0.3 is 4.74 Å². The zero-order valence-corrected chi connectivity index (χ0v) is 12.4. The average molecular weight is 305 g/mol. The number of nitriles is 1. The molecule has 0 aliphatic heterocycles. The Labute approximate surface area is 134 Å². The van der Waals surface area contributed by atoms with E-state index < -0.39 is 5.97 Å². The number of nitrogens with zero attached hydrogens (tertiary/aromatic N) is 1. The predicted octanol–water partition coefficient (Wildman–Crippen LogP) is 3.27. The summed E-state index contributed by atoms with van der Waals surface area (Å²) in [6, 6.07) is 18.2. The van der Waals surface area contributed by atoms with Crippen LogP contribution in [-0.4, -0.2) is 11.8 Å². The van der Waals surface area contributed by atoms with Crippen LogP contribution >= 0.6 is 0 Å². The minimum Gasteiger partial charge on any atom is -0.460 e. The van der Waals surface area contributed by atoms with Gasteiger partial charge in [-0.1, -0.05) is 54.6 Å². The van der Waals surface area contributed by atoms with Crippen molar-refractivity contribution in [1.29, 1.82) is 5.26 Å². The standard InChI is InChI=1S/C19H15NO3/c20-13-17-9-5-4-8-16(17)10-11-18(21)12-19(22)23-14-15-6-2-1-3-7-15/h1-11H,12,14H2. The van der Waals surface area contributed by atoms with E-state index in [1.165, 1.54) is 12.2 Å². The summed E-state index contributed by atoms with van der Waals surface area (Å²) in [6.45, 7) is 0.147. The van der Waals surface area contributed by atoms with Crippen LogP contribution < -0.4 is 0 Å². The summed E-state index contributed by atoms with van der Waals surface area (Å²) in [4.78, 5) is 23.4. The highest BCUT2D eigenvalue weighted by molar-refractivity contribution is 6.04. The summed E-state index contributed by atoms with van der Waals surface area (Å²) < 4.78 is 5.05. The molecule has 0 spiro atoms. The van der Waals surface area contributed by atoms with Crippen molar-refractivity contribution in [2.45, 2.75) is 13.0 Å². The van der Waals surface area contributed by atoms with E-state index in [2.05, 4.69) is 0 Å². The van der Waals surface area contributed by atoms with Gasteiger partial charge in [-0.3, -0.25) is 9.59 Å². The first-order valence-corrected chi connectivity index (χ1v) is 7.08. The molecule has 4 nitrogen and oxygen atoms in total. The second-order valence-corrected chi connectivity index (χ2v) is 4.82. The molecule has 0 atom stereocenters. The summed E-state index contributed by atoms with van der Waals surface area (Å²) in [6.07, 6.45) is 2.50. The second-order valence-electron chi connectivity index (χ2n) is 4.82. The number of benzene rings is 2. The number of allylic oxidation sites excluding steroid dienone is 1. The Bertz CT molecular complexity index is 758. The van der Waals surface area contributed by atoms with Crippen molar-refractivity contribution < 1.29 is 14.3 Å². The fraction of sp³-hybridized carbons (Fsp3) is 0.105. The van der Waals surface area contributed by atoms with Crippen molar-refractivity contribution in [3.8, 4) is 6.07 Å². The van der Waals surface area contributed by atoms with Gasteiger partial charge in [0, 0.05) is 0 Å². The highest BCUT2D eigenvalue weighted by Crippen LogP contribution is 2.09. The van der Waals surface area contributed by atoms with Gasteiger partial charge in [-0.05, 0) is 23.3 Å². The number of rotatable bonds is 6. The fourth-order valence-electron chi connectivity index (χ4n) is 1.92. The molecule has 114 valence electrons. The first-order chi connectivity index (χ1) is 11.2. The van der Waals surface area contributed by atoms with E-state index in [0.29, 0.717) is 11.1 Å². The minimum absolute atomic E-state index is 0.147. The third kappa shape index (κ3) is 5.25. The molecule has 4 heteroatoms. The summed E-state index contributed by atoms with van der Waals surface area (Å²) in [7, 11) is 0. The number of ketones is 1. The molecular formula is C19H15NO3. The topological polar surface area (TPSA) is 67.2 Å². The molecule has 0 aliphatic carbocycles. The zero-order valence-electron chi connectivity index (χ0n) is 12.4. The highest BCUT2D eigenvalue weighted by Gasteiger charge is 2.08. The first kappa shape index (κ1) is 16.2. The van der Waals surface area contributed by atoms with Gasteiger partial charge in [0.05, 0.1) is 11.6 Å². The van der Waals surface area contributed by atoms with Gasteiger partial charge in [0.2, 0.25) is 0 Å². The fourth-order valence-corrected chi connectivity index (χ4v) is 1.92. The molecule has 0 fully saturated rings. The number of ether oxygens (including phenoxy) is 1. The summed E-state index contributed by atoms with van der Waals surface area (Å²) in [5.41, 5.74) is 1.98. The van der Waals surface area contributed by atoms with Gasteiger partial charge in [0.25, 0.3) is 0 Å². The van der Waals surface area contributed by atoms with Gasteiger partial charge in [0.15, 0.2) is 5.78 Å². The molecule has 0 unspecified atom stereocenters. The lowest BCUT2D eigenvalue weighted by Crippen LogP contribution is -2.09. The van der Waals surface area contributed by atoms with Crippen molar-refractivity contribution >= 4 is 17.8 Å². The van der Waals surface area contributed by atoms with Crippen molar-refractivity contribution in [1.82, 2.24) is 0 Å². The Balaban J connectivity index is 1.85. The smallest absolute Gasteiger partial charge is 0.314 e. The van der Waals surface area contributed by atoms with Gasteiger partial charge in [0.1, 0.15) is 13.0 Å². The molecule has 2 aromatic carbocycles. The molecule has 0 aromatic heterocycles. The maximum atomic E-state index is 11.8. The van der Waals surface area contributed by atoms with Crippen LogP contribution in [0.3, 0.4) is 0 Å². The Morgan fingerprint density at radius 1 is 1.04 bits per heavy atom. The van der Waals surface area contributed by atoms with Crippen LogP contribution in [0.2, 0.25) is 0 Å². The predicted molar refractivity (Wildman–Crippen MR) is 86.1 cm³/mol. The normalized spacial score (nSPS) is 10.2. The van der Waals surface area contributed by atoms with E-state index in [9.17, 15) is 9.59 Å². The SMILES string of the molecule is N#Cc1ccccc1C=CC(=O)CC(=O)OCc1ccccc1. The van der Waals surface area contributed by atoms with E-state index in [4.69, 9.17) is 10.00 Å². The van der Waals surface area contributed by atoms with Crippen molar-refractivity contribution in [3.63, 3.8) is 0 Å². The second kappa shape index (κ2) is 8.30. The Kier molecular flexibility index (Phi) is 5.84. The van der Waals surface area contributed by atoms with E-state index >= 15 is 0 Å². The molecule has 2 rings (SSSR count). The van der Waals surface area contributed by atoms with Gasteiger partial charge in [-0.15, -0.1) is 0 Å². The summed E-state index contributed by atoms with van der Waals surface area (Å²) in [5.74, 6) is -0.937. The maximum absolute atomic E-state index is 11.8. The molecule has 0 saturated heterocycles. The summed E-state index contributed by atoms with van der Waals surface area (Å²) >= 11 is 0. The molecule has 0 amide bonds. The average Bonchev–Trinajstić information content (AvgIpc) is 2.59. The molecule has 0 radical (unpaired) electrons. The molecule has 0 aliphatic rings. The molecule has 23 heavy (non-hydrogen) atoms. The largest absolute Gasteiger partial charge is 0.460 e. The zero-order chi connectivity index (χ0) is 16.5. The number of hydrogen-bond donors (Lipinski definition) is 0. The minimum atomic E-state index is -0.572. The lowest BCUT2D eigenvalue weighted by molar-refractivity contribution is -0.146. The van der Waals surface area contributed by atoms with Gasteiger partial charge >= 0.3 is 5.97 Å². The third-order valence-electron chi connectivity index (χ3n) is 3.09. The lowest BCUT2D eigenvalue weighted by Gasteiger charge is -2.03.